The molecule has 1 aromatic heterocycles. The second-order valence-corrected chi connectivity index (χ2v) is 13.6. The predicted octanol–water partition coefficient (Wildman–Crippen LogP) is 4.64. The molecule has 0 radical (unpaired) electrons. The van der Waals surface area contributed by atoms with Gasteiger partial charge in [-0.15, -0.1) is 0 Å². The average molecular weight is 597 g/mol. The molecular weight excluding hydrogens is 556 g/mol. The van der Waals surface area contributed by atoms with Gasteiger partial charge in [-0.1, -0.05) is 19.4 Å². The van der Waals surface area contributed by atoms with Gasteiger partial charge in [0, 0.05) is 36.1 Å². The number of nitrogens with one attached hydrogen (secondary N) is 2. The summed E-state index contributed by atoms with van der Waals surface area (Å²) in [6.45, 7) is 11.3. The number of benzene rings is 2. The van der Waals surface area contributed by atoms with Gasteiger partial charge in [-0.3, -0.25) is 9.69 Å². The number of carbonyl (C=O) groups excluding carboxylic acids is 2. The van der Waals surface area contributed by atoms with Gasteiger partial charge in [0.25, 0.3) is 5.91 Å². The Bertz CT molecular complexity index is 1600. The van der Waals surface area contributed by atoms with Crippen LogP contribution in [0.25, 0.3) is 22.2 Å². The molecule has 2 aromatic carbocycles. The van der Waals surface area contributed by atoms with E-state index in [1.807, 2.05) is 25.1 Å². The summed E-state index contributed by atoms with van der Waals surface area (Å²) in [5.74, 6) is -0.458. The molecule has 2 N–H and O–H groups in total. The van der Waals surface area contributed by atoms with Gasteiger partial charge in [-0.05, 0) is 89.1 Å². The van der Waals surface area contributed by atoms with Crippen LogP contribution in [0.2, 0.25) is 0 Å². The number of amides is 1. The van der Waals surface area contributed by atoms with Crippen LogP contribution in [0, 0.1) is 0 Å². The summed E-state index contributed by atoms with van der Waals surface area (Å²) in [7, 11) is -3.89. The van der Waals surface area contributed by atoms with Crippen LogP contribution in [0.5, 0.6) is 5.75 Å². The van der Waals surface area contributed by atoms with E-state index in [9.17, 15) is 18.0 Å². The molecule has 0 aliphatic carbocycles. The number of nitrogens with zero attached hydrogens (tertiary/aromatic N) is 2. The Balaban J connectivity index is 1.58. The minimum atomic E-state index is -3.89. The third-order valence-electron chi connectivity index (χ3n) is 7.49. The van der Waals surface area contributed by atoms with Crippen LogP contribution in [0.1, 0.15) is 68.4 Å². The molecule has 2 aliphatic rings. The third-order valence-corrected chi connectivity index (χ3v) is 8.63. The number of hydrogen-bond acceptors (Lipinski definition) is 8. The first-order valence-electron chi connectivity index (χ1n) is 14.6. The zero-order valence-corrected chi connectivity index (χ0v) is 25.6. The fourth-order valence-electron chi connectivity index (χ4n) is 5.61. The van der Waals surface area contributed by atoms with Gasteiger partial charge in [0.1, 0.15) is 11.4 Å². The van der Waals surface area contributed by atoms with Crippen molar-refractivity contribution in [2.24, 2.45) is 0 Å². The normalized spacial score (nSPS) is 16.0. The van der Waals surface area contributed by atoms with E-state index in [-0.39, 0.29) is 36.1 Å². The van der Waals surface area contributed by atoms with Gasteiger partial charge in [-0.25, -0.2) is 9.36 Å². The summed E-state index contributed by atoms with van der Waals surface area (Å²) >= 11 is 0. The number of fused-ring (bicyclic) bond motifs is 2. The molecule has 0 unspecified atom stereocenters. The summed E-state index contributed by atoms with van der Waals surface area (Å²) in [5.41, 5.74) is 2.79. The van der Waals surface area contributed by atoms with E-state index in [0.29, 0.717) is 28.9 Å². The standard InChI is InChI=1S/C31H40N4O6S/c1-5-32-13-16-42(38,39)41-27-12-10-23(28-24(27)19-33-29(28)36)26-18-22-17-21(20-34-14-7-6-8-15-34)9-11-25(22)35(26)30(37)40-31(2,3)4/h9-12,17-18,32H,5-8,13-16,19-20H2,1-4H3,(H,33,36). The Kier molecular flexibility index (Phi) is 8.63. The average Bonchev–Trinajstić information content (AvgIpc) is 3.49. The monoisotopic (exact) mass is 596 g/mol. The number of hydrogen-bond donors (Lipinski definition) is 2. The Morgan fingerprint density at radius 2 is 1.83 bits per heavy atom. The van der Waals surface area contributed by atoms with Crippen molar-refractivity contribution >= 4 is 33.0 Å². The second-order valence-electron chi connectivity index (χ2n) is 11.9. The minimum Gasteiger partial charge on any atom is -0.443 e. The zero-order chi connectivity index (χ0) is 30.1. The van der Waals surface area contributed by atoms with Crippen LogP contribution in [0.4, 0.5) is 4.79 Å². The van der Waals surface area contributed by atoms with Crippen LogP contribution in [-0.2, 0) is 27.9 Å². The predicted molar refractivity (Wildman–Crippen MR) is 162 cm³/mol. The molecule has 0 spiro atoms. The first-order valence-corrected chi connectivity index (χ1v) is 16.2. The van der Waals surface area contributed by atoms with E-state index in [2.05, 4.69) is 21.6 Å². The van der Waals surface area contributed by atoms with Crippen molar-refractivity contribution in [3.05, 3.63) is 53.1 Å². The zero-order valence-electron chi connectivity index (χ0n) is 24.8. The van der Waals surface area contributed by atoms with Crippen LogP contribution in [0.3, 0.4) is 0 Å². The Hall–Kier alpha value is -3.41. The summed E-state index contributed by atoms with van der Waals surface area (Å²) in [6.07, 6.45) is 3.10. The van der Waals surface area contributed by atoms with Gasteiger partial charge in [0.05, 0.1) is 22.5 Å². The molecule has 3 heterocycles. The molecule has 1 saturated heterocycles. The van der Waals surface area contributed by atoms with Crippen molar-refractivity contribution in [1.29, 1.82) is 0 Å². The first kappa shape index (κ1) is 30.1. The highest BCUT2D eigenvalue weighted by Crippen LogP contribution is 2.38. The second kappa shape index (κ2) is 12.1. The van der Waals surface area contributed by atoms with E-state index < -0.39 is 21.8 Å². The number of piperidine rings is 1. The highest BCUT2D eigenvalue weighted by atomic mass is 32.2. The summed E-state index contributed by atoms with van der Waals surface area (Å²) in [5, 5.41) is 6.62. The van der Waals surface area contributed by atoms with Gasteiger partial charge in [0.2, 0.25) is 0 Å². The van der Waals surface area contributed by atoms with Crippen molar-refractivity contribution in [3.8, 4) is 17.0 Å². The molecule has 3 aromatic rings. The topological polar surface area (TPSA) is 119 Å². The highest BCUT2D eigenvalue weighted by Gasteiger charge is 2.32. The van der Waals surface area contributed by atoms with Crippen molar-refractivity contribution in [2.45, 2.75) is 65.6 Å². The molecule has 226 valence electrons. The summed E-state index contributed by atoms with van der Waals surface area (Å²) in [6, 6.07) is 11.1. The summed E-state index contributed by atoms with van der Waals surface area (Å²) in [4.78, 5) is 29.2. The number of aromatic nitrogens is 1. The van der Waals surface area contributed by atoms with E-state index >= 15 is 0 Å². The van der Waals surface area contributed by atoms with Crippen molar-refractivity contribution in [2.75, 3.05) is 31.9 Å². The molecule has 42 heavy (non-hydrogen) atoms. The number of likely N-dealkylation sites (tertiary alicyclic amines) is 1. The lowest BCUT2D eigenvalue weighted by Gasteiger charge is -2.26. The first-order chi connectivity index (χ1) is 20.0. The molecule has 10 nitrogen and oxygen atoms in total. The molecule has 11 heteroatoms. The van der Waals surface area contributed by atoms with Crippen molar-refractivity contribution < 1.29 is 26.9 Å². The maximum absolute atomic E-state index is 13.6. The third kappa shape index (κ3) is 6.63. The van der Waals surface area contributed by atoms with Gasteiger partial charge >= 0.3 is 16.2 Å². The van der Waals surface area contributed by atoms with E-state index in [0.717, 1.165) is 30.6 Å². The Morgan fingerprint density at radius 3 is 2.55 bits per heavy atom. The fourth-order valence-corrected chi connectivity index (χ4v) is 6.51. The molecular formula is C31H40N4O6S. The SMILES string of the molecule is CCNCCS(=O)(=O)Oc1ccc(-c2cc3cc(CN4CCCCC4)ccc3n2C(=O)OC(C)(C)C)c2c1CNC2=O. The quantitative estimate of drug-likeness (QED) is 0.271. The molecule has 0 bridgehead atoms. The van der Waals surface area contributed by atoms with Crippen LogP contribution >= 0.6 is 0 Å². The Labute approximate surface area is 247 Å². The molecule has 0 saturated carbocycles. The lowest BCUT2D eigenvalue weighted by atomic mass is 9.99. The summed E-state index contributed by atoms with van der Waals surface area (Å²) < 4.78 is 38.0. The molecule has 1 fully saturated rings. The molecule has 0 atom stereocenters. The van der Waals surface area contributed by atoms with Gasteiger partial charge < -0.3 is 19.6 Å². The maximum atomic E-state index is 13.6. The lowest BCUT2D eigenvalue weighted by molar-refractivity contribution is 0.0547. The largest absolute Gasteiger partial charge is 0.443 e. The van der Waals surface area contributed by atoms with Crippen LogP contribution in [0.15, 0.2) is 36.4 Å². The van der Waals surface area contributed by atoms with Crippen molar-refractivity contribution in [3.63, 3.8) is 0 Å². The fraction of sp³-hybridized carbons (Fsp3) is 0.484. The van der Waals surface area contributed by atoms with Crippen molar-refractivity contribution in [1.82, 2.24) is 20.1 Å². The number of ether oxygens (including phenoxy) is 1. The Morgan fingerprint density at radius 1 is 1.07 bits per heavy atom. The van der Waals surface area contributed by atoms with Gasteiger partial charge in [-0.2, -0.15) is 8.42 Å². The van der Waals surface area contributed by atoms with E-state index in [1.165, 1.54) is 23.8 Å². The van der Waals surface area contributed by atoms with E-state index in [1.54, 1.807) is 32.9 Å². The van der Waals surface area contributed by atoms with E-state index in [4.69, 9.17) is 8.92 Å². The maximum Gasteiger partial charge on any atom is 0.419 e. The van der Waals surface area contributed by atoms with Crippen LogP contribution in [-0.4, -0.2) is 67.4 Å². The number of carbonyl (C=O) groups is 2. The smallest absolute Gasteiger partial charge is 0.419 e. The van der Waals surface area contributed by atoms with Gasteiger partial charge in [0.15, 0.2) is 0 Å². The lowest BCUT2D eigenvalue weighted by Crippen LogP contribution is -2.29. The minimum absolute atomic E-state index is 0.104. The number of rotatable bonds is 9. The van der Waals surface area contributed by atoms with Crippen LogP contribution < -0.4 is 14.8 Å². The highest BCUT2D eigenvalue weighted by molar-refractivity contribution is 7.87. The molecule has 2 aliphatic heterocycles. The molecule has 1 amide bonds. The molecule has 5 rings (SSSR count).